The third-order valence-electron chi connectivity index (χ3n) is 7.00. The SMILES string of the molecule is COc1ccc(C2(c3nc(-c4ccc5c(c4)nnn5CCC(=O)N4CCCC4)no3)CC2)cc1. The van der Waals surface area contributed by atoms with Crippen LogP contribution in [0, 0.1) is 0 Å². The summed E-state index contributed by atoms with van der Waals surface area (Å²) in [7, 11) is 1.66. The number of carbonyl (C=O) groups excluding carboxylic acids is 1. The molecule has 9 heteroatoms. The molecule has 4 aromatic rings. The summed E-state index contributed by atoms with van der Waals surface area (Å²) in [5.41, 5.74) is 3.40. The van der Waals surface area contributed by atoms with E-state index >= 15 is 0 Å². The Balaban J connectivity index is 1.20. The molecule has 34 heavy (non-hydrogen) atoms. The average Bonchev–Trinajstić information content (AvgIpc) is 3.27. The number of amides is 1. The molecule has 3 heterocycles. The van der Waals surface area contributed by atoms with Gasteiger partial charge >= 0.3 is 0 Å². The molecule has 2 fully saturated rings. The number of nitrogens with zero attached hydrogens (tertiary/aromatic N) is 6. The van der Waals surface area contributed by atoms with E-state index in [0.717, 1.165) is 66.7 Å². The van der Waals surface area contributed by atoms with Crippen molar-refractivity contribution < 1.29 is 14.1 Å². The lowest BCUT2D eigenvalue weighted by molar-refractivity contribution is -0.130. The molecule has 0 unspecified atom stereocenters. The van der Waals surface area contributed by atoms with Crippen molar-refractivity contribution >= 4 is 16.9 Å². The summed E-state index contributed by atoms with van der Waals surface area (Å²) in [5.74, 6) is 2.18. The van der Waals surface area contributed by atoms with Crippen molar-refractivity contribution in [3.63, 3.8) is 0 Å². The summed E-state index contributed by atoms with van der Waals surface area (Å²) in [6, 6.07) is 13.9. The summed E-state index contributed by atoms with van der Waals surface area (Å²) < 4.78 is 12.8. The van der Waals surface area contributed by atoms with E-state index in [1.165, 1.54) is 0 Å². The Kier molecular flexibility index (Phi) is 5.04. The van der Waals surface area contributed by atoms with Gasteiger partial charge in [-0.15, -0.1) is 5.10 Å². The first-order valence-electron chi connectivity index (χ1n) is 11.8. The molecule has 1 saturated carbocycles. The molecule has 1 aliphatic heterocycles. The number of methoxy groups -OCH3 is 1. The number of hydrogen-bond donors (Lipinski definition) is 0. The van der Waals surface area contributed by atoms with Crippen LogP contribution < -0.4 is 4.74 Å². The summed E-state index contributed by atoms with van der Waals surface area (Å²) in [6.07, 6.45) is 4.58. The van der Waals surface area contributed by atoms with E-state index in [4.69, 9.17) is 14.2 Å². The zero-order valence-electron chi connectivity index (χ0n) is 19.1. The molecule has 1 saturated heterocycles. The number of fused-ring (bicyclic) bond motifs is 1. The van der Waals surface area contributed by atoms with Gasteiger partial charge in [0.2, 0.25) is 17.6 Å². The first-order valence-corrected chi connectivity index (χ1v) is 11.8. The molecule has 1 aliphatic carbocycles. The Labute approximate surface area is 196 Å². The maximum absolute atomic E-state index is 12.4. The van der Waals surface area contributed by atoms with Crippen molar-refractivity contribution in [2.24, 2.45) is 0 Å². The van der Waals surface area contributed by atoms with Gasteiger partial charge in [-0.3, -0.25) is 4.79 Å². The highest BCUT2D eigenvalue weighted by molar-refractivity contribution is 5.80. The lowest BCUT2D eigenvalue weighted by Crippen LogP contribution is -2.28. The second kappa shape index (κ2) is 8.23. The third-order valence-corrected chi connectivity index (χ3v) is 7.00. The molecule has 2 aromatic carbocycles. The van der Waals surface area contributed by atoms with E-state index in [0.29, 0.717) is 24.7 Å². The summed E-state index contributed by atoms with van der Waals surface area (Å²) in [5, 5.41) is 12.8. The van der Waals surface area contributed by atoms with E-state index in [1.807, 2.05) is 35.2 Å². The number of rotatable bonds is 7. The standard InChI is InChI=1S/C25H26N6O3/c1-33-19-7-5-18(6-8-19)25(11-12-25)24-26-23(28-34-24)17-4-9-21-20(16-17)27-29-31(21)15-10-22(32)30-13-2-3-14-30/h4-9,16H,2-3,10-15H2,1H3. The van der Waals surface area contributed by atoms with E-state index in [1.54, 1.807) is 11.8 Å². The molecular weight excluding hydrogens is 432 g/mol. The van der Waals surface area contributed by atoms with Crippen LogP contribution in [0.4, 0.5) is 0 Å². The maximum atomic E-state index is 12.4. The number of ether oxygens (including phenoxy) is 1. The van der Waals surface area contributed by atoms with Gasteiger partial charge in [0, 0.05) is 25.1 Å². The Morgan fingerprint density at radius 3 is 2.65 bits per heavy atom. The van der Waals surface area contributed by atoms with Gasteiger partial charge in [-0.2, -0.15) is 4.98 Å². The highest BCUT2D eigenvalue weighted by Crippen LogP contribution is 2.53. The fourth-order valence-electron chi connectivity index (χ4n) is 4.80. The van der Waals surface area contributed by atoms with Crippen molar-refractivity contribution in [3.05, 3.63) is 53.9 Å². The normalized spacial score (nSPS) is 16.8. The molecule has 0 bridgehead atoms. The number of carbonyl (C=O) groups is 1. The zero-order valence-corrected chi connectivity index (χ0v) is 19.1. The lowest BCUT2D eigenvalue weighted by Gasteiger charge is -2.14. The Bertz CT molecular complexity index is 1330. The quantitative estimate of drug-likeness (QED) is 0.417. The second-order valence-corrected chi connectivity index (χ2v) is 9.09. The molecule has 174 valence electrons. The molecular formula is C25H26N6O3. The summed E-state index contributed by atoms with van der Waals surface area (Å²) >= 11 is 0. The van der Waals surface area contributed by atoms with Crippen molar-refractivity contribution in [1.82, 2.24) is 30.0 Å². The number of hydrogen-bond acceptors (Lipinski definition) is 7. The molecule has 9 nitrogen and oxygen atoms in total. The van der Waals surface area contributed by atoms with Gasteiger partial charge in [-0.25, -0.2) is 4.68 Å². The molecule has 0 radical (unpaired) electrons. The van der Waals surface area contributed by atoms with Crippen LogP contribution in [-0.4, -0.2) is 56.1 Å². The molecule has 6 rings (SSSR count). The highest BCUT2D eigenvalue weighted by Gasteiger charge is 2.51. The lowest BCUT2D eigenvalue weighted by atomic mass is 9.96. The molecule has 2 aromatic heterocycles. The van der Waals surface area contributed by atoms with E-state index in [9.17, 15) is 4.79 Å². The van der Waals surface area contributed by atoms with Crippen molar-refractivity contribution in [3.8, 4) is 17.1 Å². The Morgan fingerprint density at radius 1 is 1.12 bits per heavy atom. The van der Waals surface area contributed by atoms with Crippen LogP contribution in [0.3, 0.4) is 0 Å². The Hall–Kier alpha value is -3.75. The largest absolute Gasteiger partial charge is 0.497 e. The van der Waals surface area contributed by atoms with E-state index in [2.05, 4.69) is 27.6 Å². The summed E-state index contributed by atoms with van der Waals surface area (Å²) in [4.78, 5) is 19.0. The van der Waals surface area contributed by atoms with Crippen LogP contribution in [0.2, 0.25) is 0 Å². The minimum atomic E-state index is -0.216. The number of benzene rings is 2. The van der Waals surface area contributed by atoms with Gasteiger partial charge in [0.05, 0.1) is 24.6 Å². The molecule has 1 amide bonds. The van der Waals surface area contributed by atoms with E-state index in [-0.39, 0.29) is 11.3 Å². The fourth-order valence-corrected chi connectivity index (χ4v) is 4.80. The number of likely N-dealkylation sites (tertiary alicyclic amines) is 1. The Morgan fingerprint density at radius 2 is 1.91 bits per heavy atom. The topological polar surface area (TPSA) is 99.2 Å². The fraction of sp³-hybridized carbons (Fsp3) is 0.400. The van der Waals surface area contributed by atoms with Crippen molar-refractivity contribution in [1.29, 1.82) is 0 Å². The predicted molar refractivity (Wildman–Crippen MR) is 124 cm³/mol. The van der Waals surface area contributed by atoms with Gasteiger partial charge < -0.3 is 14.2 Å². The average molecular weight is 459 g/mol. The summed E-state index contributed by atoms with van der Waals surface area (Å²) in [6.45, 7) is 2.25. The number of aromatic nitrogens is 5. The van der Waals surface area contributed by atoms with Gasteiger partial charge in [0.25, 0.3) is 0 Å². The van der Waals surface area contributed by atoms with Gasteiger partial charge in [-0.05, 0) is 61.6 Å². The van der Waals surface area contributed by atoms with Crippen molar-refractivity contribution in [2.75, 3.05) is 20.2 Å². The van der Waals surface area contributed by atoms with Gasteiger partial charge in [0.1, 0.15) is 11.3 Å². The molecule has 0 N–H and O–H groups in total. The van der Waals surface area contributed by atoms with Crippen LogP contribution >= 0.6 is 0 Å². The smallest absolute Gasteiger partial charge is 0.237 e. The van der Waals surface area contributed by atoms with Crippen LogP contribution in [-0.2, 0) is 16.8 Å². The minimum absolute atomic E-state index is 0.183. The zero-order chi connectivity index (χ0) is 23.1. The third kappa shape index (κ3) is 3.61. The van der Waals surface area contributed by atoms with Crippen molar-refractivity contribution in [2.45, 2.75) is 44.1 Å². The van der Waals surface area contributed by atoms with Crippen LogP contribution in [0.25, 0.3) is 22.4 Å². The van der Waals surface area contributed by atoms with Crippen LogP contribution in [0.5, 0.6) is 5.75 Å². The van der Waals surface area contributed by atoms with Gasteiger partial charge in [-0.1, -0.05) is 22.5 Å². The number of aryl methyl sites for hydroxylation is 1. The first-order chi connectivity index (χ1) is 16.7. The highest BCUT2D eigenvalue weighted by atomic mass is 16.5. The molecule has 0 atom stereocenters. The van der Waals surface area contributed by atoms with E-state index < -0.39 is 0 Å². The van der Waals surface area contributed by atoms with Gasteiger partial charge in [0.15, 0.2) is 0 Å². The minimum Gasteiger partial charge on any atom is -0.497 e. The second-order valence-electron chi connectivity index (χ2n) is 9.09. The molecule has 0 spiro atoms. The molecule has 2 aliphatic rings. The predicted octanol–water partition coefficient (Wildman–Crippen LogP) is 3.58. The van der Waals surface area contributed by atoms with Crippen LogP contribution in [0.1, 0.15) is 43.6 Å². The first kappa shape index (κ1) is 20.8. The maximum Gasteiger partial charge on any atom is 0.237 e. The monoisotopic (exact) mass is 458 g/mol. The van der Waals surface area contributed by atoms with Crippen LogP contribution in [0.15, 0.2) is 47.0 Å².